The fourth-order valence-corrected chi connectivity index (χ4v) is 0.669. The molecule has 1 rings (SSSR count). The van der Waals surface area contributed by atoms with Crippen molar-refractivity contribution in [1.29, 1.82) is 0 Å². The molecule has 0 saturated carbocycles. The van der Waals surface area contributed by atoms with Crippen molar-refractivity contribution in [3.05, 3.63) is 0 Å². The van der Waals surface area contributed by atoms with Crippen molar-refractivity contribution in [2.24, 2.45) is 4.99 Å². The van der Waals surface area contributed by atoms with Crippen LogP contribution in [0, 0.1) is 0 Å². The zero-order chi connectivity index (χ0) is 8.27. The second-order valence-electron chi connectivity index (χ2n) is 2.13. The van der Waals surface area contributed by atoms with Gasteiger partial charge in [0.2, 0.25) is 5.91 Å². The summed E-state index contributed by atoms with van der Waals surface area (Å²) in [6.07, 6.45) is 0.466. The Morgan fingerprint density at radius 1 is 1.91 bits per heavy atom. The van der Waals surface area contributed by atoms with Crippen LogP contribution in [0.1, 0.15) is 6.92 Å². The maximum Gasteiger partial charge on any atom is 0.291 e. The number of carbonyl (C=O) groups excluding carboxylic acids is 2. The molecule has 1 aliphatic rings. The predicted molar refractivity (Wildman–Crippen MR) is 37.1 cm³/mol. The highest BCUT2D eigenvalue weighted by Crippen LogP contribution is 1.98. The van der Waals surface area contributed by atoms with Gasteiger partial charge in [0, 0.05) is 6.92 Å². The average molecular weight is 156 g/mol. The van der Waals surface area contributed by atoms with Gasteiger partial charge in [0.1, 0.15) is 0 Å². The number of ether oxygens (including phenoxy) is 1. The maximum absolute atomic E-state index is 10.7. The number of carbonyl (C=O) groups is 2. The highest BCUT2D eigenvalue weighted by Gasteiger charge is 2.22. The van der Waals surface area contributed by atoms with E-state index in [4.69, 9.17) is 4.74 Å². The van der Waals surface area contributed by atoms with Crippen LogP contribution in [0.2, 0.25) is 0 Å². The topological polar surface area (TPSA) is 67.8 Å². The van der Waals surface area contributed by atoms with E-state index in [1.54, 1.807) is 0 Å². The van der Waals surface area contributed by atoms with Gasteiger partial charge in [-0.2, -0.15) is 4.99 Å². The third-order valence-electron chi connectivity index (χ3n) is 1.22. The monoisotopic (exact) mass is 156 g/mol. The molecule has 1 unspecified atom stereocenters. The fraction of sp³-hybridized carbons (Fsp3) is 0.500. The summed E-state index contributed by atoms with van der Waals surface area (Å²) in [7, 11) is 0. The smallest absolute Gasteiger partial charge is 0.291 e. The molecule has 0 radical (unpaired) electrons. The molecule has 1 aliphatic heterocycles. The van der Waals surface area contributed by atoms with Gasteiger partial charge in [-0.3, -0.25) is 9.59 Å². The normalized spacial score (nSPS) is 21.5. The van der Waals surface area contributed by atoms with Crippen LogP contribution in [0.5, 0.6) is 0 Å². The van der Waals surface area contributed by atoms with Crippen LogP contribution in [-0.2, 0) is 14.3 Å². The number of nitrogens with one attached hydrogen (secondary N) is 1. The van der Waals surface area contributed by atoms with Crippen LogP contribution in [0.25, 0.3) is 0 Å². The standard InChI is InChI=1S/C6H8N2O3/c1-4(9)7-2-5-6(10)8-3-11-5/h3,5H,2H2,1H3,(H,7,9). The minimum Gasteiger partial charge on any atom is -0.468 e. The lowest BCUT2D eigenvalue weighted by molar-refractivity contribution is -0.123. The molecule has 0 aromatic rings. The van der Waals surface area contributed by atoms with Crippen LogP contribution in [0.3, 0.4) is 0 Å². The summed E-state index contributed by atoms with van der Waals surface area (Å²) in [6.45, 7) is 1.56. The van der Waals surface area contributed by atoms with Gasteiger partial charge in [-0.05, 0) is 0 Å². The van der Waals surface area contributed by atoms with Gasteiger partial charge in [-0.25, -0.2) is 0 Å². The summed E-state index contributed by atoms with van der Waals surface area (Å²) in [6, 6.07) is 0. The summed E-state index contributed by atoms with van der Waals surface area (Å²) in [5.74, 6) is -0.535. The van der Waals surface area contributed by atoms with Crippen LogP contribution in [0.15, 0.2) is 4.99 Å². The molecule has 0 bridgehead atoms. The van der Waals surface area contributed by atoms with Crippen molar-refractivity contribution in [2.45, 2.75) is 13.0 Å². The molecule has 1 N–H and O–H groups in total. The molecule has 2 amide bonds. The predicted octanol–water partition coefficient (Wildman–Crippen LogP) is -0.924. The molecule has 5 heteroatoms. The van der Waals surface area contributed by atoms with Crippen molar-refractivity contribution >= 4 is 18.2 Å². The minimum atomic E-state index is -0.626. The van der Waals surface area contributed by atoms with E-state index < -0.39 is 6.10 Å². The quantitative estimate of drug-likeness (QED) is 0.562. The van der Waals surface area contributed by atoms with Gasteiger partial charge >= 0.3 is 0 Å². The summed E-state index contributed by atoms with van der Waals surface area (Å²) in [5.41, 5.74) is 0. The van der Waals surface area contributed by atoms with Crippen LogP contribution in [0.4, 0.5) is 0 Å². The average Bonchev–Trinajstić information content (AvgIpc) is 2.31. The van der Waals surface area contributed by atoms with Crippen molar-refractivity contribution in [1.82, 2.24) is 5.32 Å². The third kappa shape index (κ3) is 2.03. The molecule has 0 fully saturated rings. The molecule has 0 aromatic heterocycles. The van der Waals surface area contributed by atoms with Crippen molar-refractivity contribution in [3.8, 4) is 0 Å². The maximum atomic E-state index is 10.7. The summed E-state index contributed by atoms with van der Waals surface area (Å²) in [5, 5.41) is 2.45. The Morgan fingerprint density at radius 3 is 3.09 bits per heavy atom. The van der Waals surface area contributed by atoms with E-state index >= 15 is 0 Å². The summed E-state index contributed by atoms with van der Waals surface area (Å²) in [4.78, 5) is 24.5. The second kappa shape index (κ2) is 3.14. The van der Waals surface area contributed by atoms with E-state index in [-0.39, 0.29) is 18.4 Å². The molecular formula is C6H8N2O3. The highest BCUT2D eigenvalue weighted by atomic mass is 16.5. The largest absolute Gasteiger partial charge is 0.468 e. The number of rotatable bonds is 2. The zero-order valence-electron chi connectivity index (χ0n) is 6.03. The minimum absolute atomic E-state index is 0.187. The lowest BCUT2D eigenvalue weighted by Crippen LogP contribution is -2.34. The van der Waals surface area contributed by atoms with Crippen LogP contribution >= 0.6 is 0 Å². The second-order valence-corrected chi connectivity index (χ2v) is 2.13. The molecule has 0 aliphatic carbocycles. The Labute approximate surface area is 63.4 Å². The first kappa shape index (κ1) is 7.71. The van der Waals surface area contributed by atoms with Crippen molar-refractivity contribution in [3.63, 3.8) is 0 Å². The molecule has 0 spiro atoms. The molecule has 60 valence electrons. The lowest BCUT2D eigenvalue weighted by Gasteiger charge is -2.06. The third-order valence-corrected chi connectivity index (χ3v) is 1.22. The van der Waals surface area contributed by atoms with Gasteiger partial charge in [0.25, 0.3) is 5.91 Å². The van der Waals surface area contributed by atoms with Gasteiger partial charge in [0.15, 0.2) is 12.5 Å². The molecule has 1 atom stereocenters. The molecule has 5 nitrogen and oxygen atoms in total. The Balaban J connectivity index is 2.28. The number of aliphatic imine (C=N–C) groups is 1. The Hall–Kier alpha value is -1.39. The van der Waals surface area contributed by atoms with E-state index in [0.717, 1.165) is 6.40 Å². The van der Waals surface area contributed by atoms with Gasteiger partial charge in [0.05, 0.1) is 6.54 Å². The lowest BCUT2D eigenvalue weighted by atomic mass is 10.3. The van der Waals surface area contributed by atoms with E-state index in [9.17, 15) is 9.59 Å². The van der Waals surface area contributed by atoms with E-state index in [1.807, 2.05) is 0 Å². The molecule has 0 saturated heterocycles. The molecular weight excluding hydrogens is 148 g/mol. The Bertz CT molecular complexity index is 212. The van der Waals surface area contributed by atoms with E-state index in [2.05, 4.69) is 10.3 Å². The first-order chi connectivity index (χ1) is 5.20. The van der Waals surface area contributed by atoms with Crippen LogP contribution in [-0.4, -0.2) is 30.9 Å². The number of hydrogen-bond acceptors (Lipinski definition) is 3. The highest BCUT2D eigenvalue weighted by molar-refractivity contribution is 5.92. The first-order valence-corrected chi connectivity index (χ1v) is 3.16. The van der Waals surface area contributed by atoms with Gasteiger partial charge in [-0.15, -0.1) is 0 Å². The van der Waals surface area contributed by atoms with E-state index in [1.165, 1.54) is 6.92 Å². The SMILES string of the molecule is CC(=O)NCC1OC=NC1=O. The zero-order valence-corrected chi connectivity index (χ0v) is 6.03. The number of amides is 2. The number of hydrogen-bond donors (Lipinski definition) is 1. The molecule has 1 heterocycles. The van der Waals surface area contributed by atoms with Crippen LogP contribution < -0.4 is 5.32 Å². The van der Waals surface area contributed by atoms with Crippen molar-refractivity contribution in [2.75, 3.05) is 6.54 Å². The first-order valence-electron chi connectivity index (χ1n) is 3.16. The number of nitrogens with zero attached hydrogens (tertiary/aromatic N) is 1. The fourth-order valence-electron chi connectivity index (χ4n) is 0.669. The summed E-state index contributed by atoms with van der Waals surface area (Å²) < 4.78 is 4.76. The Kier molecular flexibility index (Phi) is 2.20. The summed E-state index contributed by atoms with van der Waals surface area (Å²) >= 11 is 0. The van der Waals surface area contributed by atoms with Crippen molar-refractivity contribution < 1.29 is 14.3 Å². The molecule has 0 aromatic carbocycles. The Morgan fingerprint density at radius 2 is 2.64 bits per heavy atom. The molecule has 11 heavy (non-hydrogen) atoms. The van der Waals surface area contributed by atoms with E-state index in [0.29, 0.717) is 0 Å². The van der Waals surface area contributed by atoms with Gasteiger partial charge in [-0.1, -0.05) is 0 Å². The van der Waals surface area contributed by atoms with Gasteiger partial charge < -0.3 is 10.1 Å².